The van der Waals surface area contributed by atoms with Crippen LogP contribution in [0.1, 0.15) is 23.2 Å². The lowest BCUT2D eigenvalue weighted by Gasteiger charge is -2.23. The SMILES string of the molecule is O=C1COc2cc(C(=O)N3CCCC3C(=O)O)ccc2N1. The van der Waals surface area contributed by atoms with Gasteiger partial charge in [0.25, 0.3) is 11.8 Å². The Bertz CT molecular complexity index is 628. The summed E-state index contributed by atoms with van der Waals surface area (Å²) in [6.45, 7) is 0.344. The van der Waals surface area contributed by atoms with Gasteiger partial charge in [-0.15, -0.1) is 0 Å². The molecule has 1 fully saturated rings. The highest BCUT2D eigenvalue weighted by Gasteiger charge is 2.34. The summed E-state index contributed by atoms with van der Waals surface area (Å²) in [6.07, 6.45) is 1.15. The minimum Gasteiger partial charge on any atom is -0.482 e. The Morgan fingerprint density at radius 3 is 2.95 bits per heavy atom. The number of anilines is 1. The fourth-order valence-electron chi connectivity index (χ4n) is 2.64. The molecule has 1 unspecified atom stereocenters. The van der Waals surface area contributed by atoms with Crippen molar-refractivity contribution in [1.82, 2.24) is 4.90 Å². The molecule has 3 rings (SSSR count). The van der Waals surface area contributed by atoms with Gasteiger partial charge in [0.15, 0.2) is 6.61 Å². The van der Waals surface area contributed by atoms with E-state index in [4.69, 9.17) is 9.84 Å². The van der Waals surface area contributed by atoms with E-state index in [2.05, 4.69) is 5.32 Å². The number of likely N-dealkylation sites (tertiary alicyclic amines) is 1. The average molecular weight is 290 g/mol. The molecule has 1 saturated heterocycles. The molecule has 2 N–H and O–H groups in total. The van der Waals surface area contributed by atoms with Gasteiger partial charge in [-0.05, 0) is 31.0 Å². The van der Waals surface area contributed by atoms with Gasteiger partial charge in [-0.1, -0.05) is 0 Å². The topological polar surface area (TPSA) is 95.9 Å². The van der Waals surface area contributed by atoms with Gasteiger partial charge >= 0.3 is 5.97 Å². The van der Waals surface area contributed by atoms with Crippen molar-refractivity contribution < 1.29 is 24.2 Å². The van der Waals surface area contributed by atoms with Gasteiger partial charge in [0.2, 0.25) is 0 Å². The van der Waals surface area contributed by atoms with E-state index in [0.717, 1.165) is 0 Å². The highest BCUT2D eigenvalue weighted by Crippen LogP contribution is 2.30. The first-order valence-corrected chi connectivity index (χ1v) is 6.67. The number of hydrogen-bond acceptors (Lipinski definition) is 4. The van der Waals surface area contributed by atoms with Crippen molar-refractivity contribution in [1.29, 1.82) is 0 Å². The van der Waals surface area contributed by atoms with Gasteiger partial charge in [-0.2, -0.15) is 0 Å². The number of carboxylic acid groups (broad SMARTS) is 1. The summed E-state index contributed by atoms with van der Waals surface area (Å²) < 4.78 is 5.26. The Kier molecular flexibility index (Phi) is 3.25. The summed E-state index contributed by atoms with van der Waals surface area (Å²) in [5.74, 6) is -1.14. The Hall–Kier alpha value is -2.57. The zero-order valence-corrected chi connectivity index (χ0v) is 11.2. The van der Waals surface area contributed by atoms with Crippen LogP contribution in [0.4, 0.5) is 5.69 Å². The zero-order chi connectivity index (χ0) is 15.0. The first-order valence-electron chi connectivity index (χ1n) is 6.67. The number of rotatable bonds is 2. The minimum atomic E-state index is -0.984. The number of hydrogen-bond donors (Lipinski definition) is 2. The average Bonchev–Trinajstić information content (AvgIpc) is 2.95. The van der Waals surface area contributed by atoms with E-state index in [-0.39, 0.29) is 18.4 Å². The molecular formula is C14H14N2O5. The lowest BCUT2D eigenvalue weighted by molar-refractivity contribution is -0.141. The molecular weight excluding hydrogens is 276 g/mol. The van der Waals surface area contributed by atoms with Crippen molar-refractivity contribution >= 4 is 23.5 Å². The standard InChI is InChI=1S/C14H14N2O5/c17-12-7-21-11-6-8(3-4-9(11)15-12)13(18)16-5-1-2-10(16)14(19)20/h3-4,6,10H,1-2,5,7H2,(H,15,17)(H,19,20). The molecule has 21 heavy (non-hydrogen) atoms. The molecule has 2 aliphatic rings. The summed E-state index contributed by atoms with van der Waals surface area (Å²) >= 11 is 0. The second-order valence-corrected chi connectivity index (χ2v) is 5.04. The Labute approximate surface area is 120 Å². The summed E-state index contributed by atoms with van der Waals surface area (Å²) in [5.41, 5.74) is 0.872. The molecule has 7 nitrogen and oxygen atoms in total. The number of nitrogens with one attached hydrogen (secondary N) is 1. The lowest BCUT2D eigenvalue weighted by Crippen LogP contribution is -2.40. The predicted octanol–water partition coefficient (Wildman–Crippen LogP) is 0.707. The monoisotopic (exact) mass is 290 g/mol. The van der Waals surface area contributed by atoms with Gasteiger partial charge in [-0.25, -0.2) is 4.79 Å². The van der Waals surface area contributed by atoms with Crippen LogP contribution in [0.15, 0.2) is 18.2 Å². The third-order valence-corrected chi connectivity index (χ3v) is 3.66. The molecule has 0 radical (unpaired) electrons. The van der Waals surface area contributed by atoms with Gasteiger partial charge in [0, 0.05) is 12.1 Å². The van der Waals surface area contributed by atoms with Crippen molar-refractivity contribution in [3.63, 3.8) is 0 Å². The van der Waals surface area contributed by atoms with Gasteiger partial charge in [0.1, 0.15) is 11.8 Å². The van der Waals surface area contributed by atoms with E-state index in [1.807, 2.05) is 0 Å². The van der Waals surface area contributed by atoms with Gasteiger partial charge < -0.3 is 20.1 Å². The van der Waals surface area contributed by atoms with E-state index < -0.39 is 12.0 Å². The summed E-state index contributed by atoms with van der Waals surface area (Å²) in [6, 6.07) is 3.92. The number of nitrogens with zero attached hydrogens (tertiary/aromatic N) is 1. The van der Waals surface area contributed by atoms with Crippen LogP contribution >= 0.6 is 0 Å². The first-order chi connectivity index (χ1) is 10.1. The maximum absolute atomic E-state index is 12.4. The number of carbonyl (C=O) groups excluding carboxylic acids is 2. The molecule has 1 aromatic carbocycles. The van der Waals surface area contributed by atoms with E-state index in [9.17, 15) is 14.4 Å². The van der Waals surface area contributed by atoms with Crippen LogP contribution in [-0.4, -0.2) is 47.0 Å². The van der Waals surface area contributed by atoms with Crippen LogP contribution in [-0.2, 0) is 9.59 Å². The Balaban J connectivity index is 1.85. The number of fused-ring (bicyclic) bond motifs is 1. The second kappa shape index (κ2) is 5.08. The highest BCUT2D eigenvalue weighted by atomic mass is 16.5. The van der Waals surface area contributed by atoms with Crippen LogP contribution in [0.3, 0.4) is 0 Å². The number of carbonyl (C=O) groups is 3. The molecule has 110 valence electrons. The second-order valence-electron chi connectivity index (χ2n) is 5.04. The number of amides is 2. The van der Waals surface area contributed by atoms with Crippen molar-refractivity contribution in [3.8, 4) is 5.75 Å². The van der Waals surface area contributed by atoms with E-state index in [1.54, 1.807) is 12.1 Å². The van der Waals surface area contributed by atoms with E-state index >= 15 is 0 Å². The maximum Gasteiger partial charge on any atom is 0.326 e. The summed E-state index contributed by atoms with van der Waals surface area (Å²) in [4.78, 5) is 36.1. The molecule has 0 aromatic heterocycles. The third-order valence-electron chi connectivity index (χ3n) is 3.66. The van der Waals surface area contributed by atoms with Crippen LogP contribution < -0.4 is 10.1 Å². The van der Waals surface area contributed by atoms with Crippen LogP contribution in [0, 0.1) is 0 Å². The van der Waals surface area contributed by atoms with Gasteiger partial charge in [0.05, 0.1) is 5.69 Å². The van der Waals surface area contributed by atoms with Crippen molar-refractivity contribution in [2.75, 3.05) is 18.5 Å². The van der Waals surface area contributed by atoms with Gasteiger partial charge in [-0.3, -0.25) is 9.59 Å². The van der Waals surface area contributed by atoms with Crippen LogP contribution in [0.2, 0.25) is 0 Å². The summed E-state index contributed by atoms with van der Waals surface area (Å²) in [7, 11) is 0. The fourth-order valence-corrected chi connectivity index (χ4v) is 2.64. The van der Waals surface area contributed by atoms with Crippen molar-refractivity contribution in [2.24, 2.45) is 0 Å². The third kappa shape index (κ3) is 2.42. The van der Waals surface area contributed by atoms with Crippen LogP contribution in [0.5, 0.6) is 5.75 Å². The molecule has 0 aliphatic carbocycles. The number of aliphatic carboxylic acids is 1. The normalized spacial score (nSPS) is 20.5. The predicted molar refractivity (Wildman–Crippen MR) is 72.3 cm³/mol. The van der Waals surface area contributed by atoms with E-state index in [1.165, 1.54) is 11.0 Å². The highest BCUT2D eigenvalue weighted by molar-refractivity contribution is 6.00. The number of benzene rings is 1. The Morgan fingerprint density at radius 1 is 1.38 bits per heavy atom. The quantitative estimate of drug-likeness (QED) is 0.836. The molecule has 2 aliphatic heterocycles. The summed E-state index contributed by atoms with van der Waals surface area (Å²) in [5, 5.41) is 11.8. The lowest BCUT2D eigenvalue weighted by atomic mass is 10.1. The fraction of sp³-hybridized carbons (Fsp3) is 0.357. The molecule has 7 heteroatoms. The molecule has 1 aromatic rings. The maximum atomic E-state index is 12.4. The van der Waals surface area contributed by atoms with Crippen molar-refractivity contribution in [2.45, 2.75) is 18.9 Å². The molecule has 0 bridgehead atoms. The molecule has 0 spiro atoms. The minimum absolute atomic E-state index is 0.0912. The first kappa shape index (κ1) is 13.4. The molecule has 0 saturated carbocycles. The largest absolute Gasteiger partial charge is 0.482 e. The van der Waals surface area contributed by atoms with Crippen molar-refractivity contribution in [3.05, 3.63) is 23.8 Å². The Morgan fingerprint density at radius 2 is 2.19 bits per heavy atom. The zero-order valence-electron chi connectivity index (χ0n) is 11.2. The van der Waals surface area contributed by atoms with Crippen LogP contribution in [0.25, 0.3) is 0 Å². The molecule has 2 heterocycles. The smallest absolute Gasteiger partial charge is 0.326 e. The molecule has 1 atom stereocenters. The van der Waals surface area contributed by atoms with E-state index in [0.29, 0.717) is 36.4 Å². The molecule has 2 amide bonds. The number of ether oxygens (including phenoxy) is 1. The number of carboxylic acids is 1.